The van der Waals surface area contributed by atoms with Crippen LogP contribution >= 0.6 is 0 Å². The number of nitrogens with two attached hydrogens (primary N) is 1. The molecule has 0 aromatic carbocycles. The van der Waals surface area contributed by atoms with Crippen LogP contribution in [0.5, 0.6) is 0 Å². The van der Waals surface area contributed by atoms with Crippen molar-refractivity contribution in [2.24, 2.45) is 5.41 Å². The van der Waals surface area contributed by atoms with Crippen molar-refractivity contribution in [1.29, 1.82) is 0 Å². The van der Waals surface area contributed by atoms with Gasteiger partial charge in [0.2, 0.25) is 5.95 Å². The molecule has 3 rings (SSSR count). The summed E-state index contributed by atoms with van der Waals surface area (Å²) in [7, 11) is 0. The number of hydrogen-bond acceptors (Lipinski definition) is 5. The second-order valence-electron chi connectivity index (χ2n) is 6.82. The smallest absolute Gasteiger partial charge is 0.220 e. The summed E-state index contributed by atoms with van der Waals surface area (Å²) in [4.78, 5) is 15.9. The molecule has 0 saturated carbocycles. The Morgan fingerprint density at radius 1 is 1.17 bits per heavy atom. The third kappa shape index (κ3) is 2.97. The fraction of sp³-hybridized carbons (Fsp3) is 0.353. The van der Waals surface area contributed by atoms with Gasteiger partial charge in [0, 0.05) is 35.9 Å². The van der Waals surface area contributed by atoms with Gasteiger partial charge in [0.25, 0.3) is 0 Å². The summed E-state index contributed by atoms with van der Waals surface area (Å²) in [5.74, 6) is 0.262. The number of aromatic nitrogens is 4. The minimum absolute atomic E-state index is 0.144. The van der Waals surface area contributed by atoms with Gasteiger partial charge in [-0.1, -0.05) is 20.8 Å². The number of pyridine rings is 1. The van der Waals surface area contributed by atoms with Crippen LogP contribution in [0.2, 0.25) is 0 Å². The highest BCUT2D eigenvalue weighted by molar-refractivity contribution is 6.01. The lowest BCUT2D eigenvalue weighted by Crippen LogP contribution is -2.30. The van der Waals surface area contributed by atoms with Gasteiger partial charge in [-0.15, -0.1) is 0 Å². The molecule has 3 heterocycles. The number of rotatable bonds is 3. The molecule has 3 aromatic heterocycles. The Bertz CT molecular complexity index is 830. The number of nitrogens with one attached hydrogen (secondary N) is 2. The highest BCUT2D eigenvalue weighted by Gasteiger charge is 2.21. The molecule has 0 amide bonds. The molecule has 0 fully saturated rings. The third-order valence-corrected chi connectivity index (χ3v) is 4.19. The third-order valence-electron chi connectivity index (χ3n) is 4.19. The van der Waals surface area contributed by atoms with Crippen molar-refractivity contribution in [3.8, 4) is 11.3 Å². The predicted molar refractivity (Wildman–Crippen MR) is 94.1 cm³/mol. The van der Waals surface area contributed by atoms with Crippen LogP contribution in [0, 0.1) is 5.41 Å². The van der Waals surface area contributed by atoms with Crippen molar-refractivity contribution < 1.29 is 0 Å². The minimum atomic E-state index is 0.144. The van der Waals surface area contributed by atoms with Gasteiger partial charge in [-0.25, -0.2) is 15.0 Å². The van der Waals surface area contributed by atoms with Gasteiger partial charge in [-0.2, -0.15) is 0 Å². The van der Waals surface area contributed by atoms with Crippen molar-refractivity contribution in [3.63, 3.8) is 0 Å². The van der Waals surface area contributed by atoms with Crippen LogP contribution in [0.25, 0.3) is 22.3 Å². The summed E-state index contributed by atoms with van der Waals surface area (Å²) in [5.41, 5.74) is 9.47. The van der Waals surface area contributed by atoms with Crippen LogP contribution in [0.3, 0.4) is 0 Å². The van der Waals surface area contributed by atoms with Gasteiger partial charge in [-0.3, -0.25) is 0 Å². The Morgan fingerprint density at radius 3 is 2.61 bits per heavy atom. The lowest BCUT2D eigenvalue weighted by atomic mass is 9.88. The average Bonchev–Trinajstić information content (AvgIpc) is 2.91. The number of hydrogen-bond donors (Lipinski definition) is 3. The Morgan fingerprint density at radius 2 is 1.91 bits per heavy atom. The zero-order valence-corrected chi connectivity index (χ0v) is 13.9. The minimum Gasteiger partial charge on any atom is -0.381 e. The molecule has 0 aliphatic carbocycles. The maximum absolute atomic E-state index is 5.72. The van der Waals surface area contributed by atoms with Gasteiger partial charge < -0.3 is 16.0 Å². The van der Waals surface area contributed by atoms with Crippen molar-refractivity contribution in [2.45, 2.75) is 33.7 Å². The van der Waals surface area contributed by atoms with E-state index in [1.54, 1.807) is 12.4 Å². The molecule has 1 atom stereocenters. The zero-order chi connectivity index (χ0) is 16.6. The largest absolute Gasteiger partial charge is 0.381 e. The highest BCUT2D eigenvalue weighted by atomic mass is 15.0. The number of fused-ring (bicyclic) bond motifs is 1. The van der Waals surface area contributed by atoms with Crippen LogP contribution in [-0.2, 0) is 0 Å². The molecule has 1 unspecified atom stereocenters. The molecule has 0 aliphatic heterocycles. The number of H-pyrrole nitrogens is 1. The van der Waals surface area contributed by atoms with E-state index in [1.807, 2.05) is 18.3 Å². The van der Waals surface area contributed by atoms with Gasteiger partial charge in [0.1, 0.15) is 5.65 Å². The van der Waals surface area contributed by atoms with Crippen LogP contribution in [0.15, 0.2) is 30.7 Å². The van der Waals surface area contributed by atoms with E-state index < -0.39 is 0 Å². The summed E-state index contributed by atoms with van der Waals surface area (Å²) >= 11 is 0. The second kappa shape index (κ2) is 5.53. The van der Waals surface area contributed by atoms with E-state index in [0.29, 0.717) is 6.04 Å². The summed E-state index contributed by atoms with van der Waals surface area (Å²) in [6.45, 7) is 8.83. The molecule has 0 aliphatic rings. The normalized spacial score (nSPS) is 13.2. The molecule has 23 heavy (non-hydrogen) atoms. The average molecular weight is 310 g/mol. The molecule has 0 saturated heterocycles. The van der Waals surface area contributed by atoms with E-state index in [4.69, 9.17) is 5.73 Å². The second-order valence-corrected chi connectivity index (χ2v) is 6.82. The summed E-state index contributed by atoms with van der Waals surface area (Å²) < 4.78 is 0. The van der Waals surface area contributed by atoms with Crippen molar-refractivity contribution in [3.05, 3.63) is 30.7 Å². The molecule has 6 nitrogen and oxygen atoms in total. The van der Waals surface area contributed by atoms with Crippen molar-refractivity contribution in [1.82, 2.24) is 19.9 Å². The molecule has 0 bridgehead atoms. The first kappa shape index (κ1) is 15.3. The Balaban J connectivity index is 2.11. The monoisotopic (exact) mass is 310 g/mol. The molecule has 3 aromatic rings. The highest BCUT2D eigenvalue weighted by Crippen LogP contribution is 2.34. The predicted octanol–water partition coefficient (Wildman–Crippen LogP) is 3.45. The Labute approximate surface area is 135 Å². The lowest BCUT2D eigenvalue weighted by Gasteiger charge is -2.29. The first-order valence-corrected chi connectivity index (χ1v) is 7.68. The number of aromatic amines is 1. The lowest BCUT2D eigenvalue weighted by molar-refractivity contribution is 0.359. The van der Waals surface area contributed by atoms with Gasteiger partial charge in [-0.05, 0) is 24.5 Å². The van der Waals surface area contributed by atoms with E-state index in [1.165, 1.54) is 0 Å². The van der Waals surface area contributed by atoms with Gasteiger partial charge in [0.15, 0.2) is 0 Å². The summed E-state index contributed by atoms with van der Waals surface area (Å²) in [5, 5.41) is 4.62. The first-order chi connectivity index (χ1) is 10.9. The van der Waals surface area contributed by atoms with Crippen LogP contribution in [0.4, 0.5) is 11.6 Å². The van der Waals surface area contributed by atoms with Crippen LogP contribution < -0.4 is 11.1 Å². The molecule has 120 valence electrons. The van der Waals surface area contributed by atoms with Crippen molar-refractivity contribution >= 4 is 22.7 Å². The number of nitrogen functional groups attached to an aromatic ring is 1. The maximum Gasteiger partial charge on any atom is 0.220 e. The summed E-state index contributed by atoms with van der Waals surface area (Å²) in [6, 6.07) is 4.14. The zero-order valence-electron chi connectivity index (χ0n) is 13.9. The van der Waals surface area contributed by atoms with E-state index in [9.17, 15) is 0 Å². The molecule has 4 N–H and O–H groups in total. The van der Waals surface area contributed by atoms with E-state index in [2.05, 4.69) is 52.9 Å². The Hall–Kier alpha value is -2.63. The Kier molecular flexibility index (Phi) is 3.67. The molecular weight excluding hydrogens is 288 g/mol. The topological polar surface area (TPSA) is 92.5 Å². The quantitative estimate of drug-likeness (QED) is 0.689. The molecular formula is C17H22N6. The molecule has 0 spiro atoms. The van der Waals surface area contributed by atoms with Crippen LogP contribution in [-0.4, -0.2) is 26.0 Å². The van der Waals surface area contributed by atoms with E-state index in [0.717, 1.165) is 28.0 Å². The van der Waals surface area contributed by atoms with E-state index >= 15 is 0 Å². The number of anilines is 2. The maximum atomic E-state index is 5.72. The SMILES string of the molecule is CC(Nc1ccnc2[nH]cc(-c3ccnc(N)n3)c12)C(C)(C)C. The fourth-order valence-electron chi connectivity index (χ4n) is 2.35. The van der Waals surface area contributed by atoms with E-state index in [-0.39, 0.29) is 11.4 Å². The summed E-state index contributed by atoms with van der Waals surface area (Å²) in [6.07, 6.45) is 5.37. The standard InChI is InChI=1S/C17H22N6/c1-10(17(2,3)4)22-13-6-7-19-15-14(13)11(9-21-15)12-5-8-20-16(18)23-12/h5-10H,1-4H3,(H2,18,20,23)(H2,19,21,22). The number of nitrogens with zero attached hydrogens (tertiary/aromatic N) is 3. The van der Waals surface area contributed by atoms with Crippen molar-refractivity contribution in [2.75, 3.05) is 11.1 Å². The fourth-order valence-corrected chi connectivity index (χ4v) is 2.35. The molecule has 6 heteroatoms. The van der Waals surface area contributed by atoms with Gasteiger partial charge >= 0.3 is 0 Å². The van der Waals surface area contributed by atoms with Crippen LogP contribution in [0.1, 0.15) is 27.7 Å². The first-order valence-electron chi connectivity index (χ1n) is 7.68. The van der Waals surface area contributed by atoms with Gasteiger partial charge in [0.05, 0.1) is 11.1 Å². The molecule has 0 radical (unpaired) electrons.